The maximum atomic E-state index is 9.06. The zero-order chi connectivity index (χ0) is 3.41. The molecule has 0 aliphatic carbocycles. The SMILES string of the molecule is C#CC[O-].[Br-].[Zn+2]. The van der Waals surface area contributed by atoms with Gasteiger partial charge in [-0.1, -0.05) is 6.61 Å². The molecule has 0 amide bonds. The minimum absolute atomic E-state index is 0. The van der Waals surface area contributed by atoms with Crippen LogP contribution in [0.5, 0.6) is 0 Å². The average molecular weight is 200 g/mol. The van der Waals surface area contributed by atoms with Gasteiger partial charge in [0.2, 0.25) is 0 Å². The summed E-state index contributed by atoms with van der Waals surface area (Å²) in [6.07, 6.45) is 4.47. The van der Waals surface area contributed by atoms with E-state index < -0.39 is 6.61 Å². The molecule has 0 spiro atoms. The summed E-state index contributed by atoms with van der Waals surface area (Å²) in [7, 11) is 0. The van der Waals surface area contributed by atoms with Gasteiger partial charge in [0.05, 0.1) is 0 Å². The second-order valence-electron chi connectivity index (χ2n) is 0.348. The molecular weight excluding hydrogens is 197 g/mol. The molecule has 30 valence electrons. The van der Waals surface area contributed by atoms with Crippen LogP contribution < -0.4 is 22.1 Å². The van der Waals surface area contributed by atoms with Crippen molar-refractivity contribution in [3.05, 3.63) is 0 Å². The third-order valence-corrected chi connectivity index (χ3v) is 0.0833. The van der Waals surface area contributed by atoms with Gasteiger partial charge in [0.15, 0.2) is 0 Å². The van der Waals surface area contributed by atoms with Crippen molar-refractivity contribution in [2.75, 3.05) is 6.61 Å². The van der Waals surface area contributed by atoms with Gasteiger partial charge in [-0.2, -0.15) is 0 Å². The Bertz CT molecular complexity index is 40.5. The fourth-order valence-corrected chi connectivity index (χ4v) is 0. The molecule has 3 heteroatoms. The zero-order valence-corrected chi connectivity index (χ0v) is 7.83. The maximum Gasteiger partial charge on any atom is 2.00 e. The van der Waals surface area contributed by atoms with Gasteiger partial charge in [-0.25, -0.2) is 0 Å². The number of hydrogen-bond donors (Lipinski definition) is 0. The standard InChI is InChI=1S/C3H3O.BrH.Zn/c1-2-3-4;;/h1H,3H2;1H;/q-1;;+2/p-1. The molecule has 0 radical (unpaired) electrons. The van der Waals surface area contributed by atoms with Gasteiger partial charge in [-0.3, -0.25) is 0 Å². The van der Waals surface area contributed by atoms with Crippen molar-refractivity contribution in [1.29, 1.82) is 0 Å². The summed E-state index contributed by atoms with van der Waals surface area (Å²) in [6.45, 7) is -0.403. The second kappa shape index (κ2) is 17.5. The topological polar surface area (TPSA) is 23.1 Å². The Labute approximate surface area is 60.7 Å². The Balaban J connectivity index is -0.0000000450. The van der Waals surface area contributed by atoms with E-state index in [1.54, 1.807) is 0 Å². The Morgan fingerprint density at radius 1 is 1.67 bits per heavy atom. The predicted octanol–water partition coefficient (Wildman–Crippen LogP) is -4.02. The molecule has 0 saturated carbocycles. The van der Waals surface area contributed by atoms with Gasteiger partial charge < -0.3 is 22.1 Å². The maximum absolute atomic E-state index is 9.06. The average Bonchev–Trinajstić information content (AvgIpc) is 1.37. The van der Waals surface area contributed by atoms with Crippen molar-refractivity contribution in [1.82, 2.24) is 0 Å². The molecule has 0 rings (SSSR count). The van der Waals surface area contributed by atoms with Gasteiger partial charge in [-0.05, 0) is 0 Å². The molecular formula is C3H3BrOZn. The molecule has 0 N–H and O–H groups in total. The third-order valence-electron chi connectivity index (χ3n) is 0.0833. The molecule has 1 nitrogen and oxygen atoms in total. The van der Waals surface area contributed by atoms with Crippen LogP contribution in [0.2, 0.25) is 0 Å². The smallest absolute Gasteiger partial charge is 1.00 e. The molecule has 0 unspecified atom stereocenters. The predicted molar refractivity (Wildman–Crippen MR) is 13.7 cm³/mol. The van der Waals surface area contributed by atoms with E-state index in [1.165, 1.54) is 0 Å². The minimum Gasteiger partial charge on any atom is -1.00 e. The van der Waals surface area contributed by atoms with E-state index in [1.807, 2.05) is 5.92 Å². The van der Waals surface area contributed by atoms with Crippen LogP contribution in [-0.4, -0.2) is 6.61 Å². The molecule has 0 bridgehead atoms. The summed E-state index contributed by atoms with van der Waals surface area (Å²) in [5.41, 5.74) is 0. The quantitative estimate of drug-likeness (QED) is 0.289. The van der Waals surface area contributed by atoms with Crippen LogP contribution in [0.4, 0.5) is 0 Å². The van der Waals surface area contributed by atoms with Crippen LogP contribution in [0.15, 0.2) is 0 Å². The molecule has 0 aromatic rings. The Kier molecular flexibility index (Phi) is 46.4. The fourth-order valence-electron chi connectivity index (χ4n) is 0. The van der Waals surface area contributed by atoms with Crippen LogP contribution in [-0.2, 0) is 19.5 Å². The summed E-state index contributed by atoms with van der Waals surface area (Å²) < 4.78 is 0. The molecule has 0 aliphatic heterocycles. The van der Waals surface area contributed by atoms with E-state index in [-0.39, 0.29) is 36.5 Å². The second-order valence-corrected chi connectivity index (χ2v) is 0.348. The number of halogens is 1. The first-order chi connectivity index (χ1) is 1.91. The van der Waals surface area contributed by atoms with E-state index in [2.05, 4.69) is 6.42 Å². The minimum atomic E-state index is -0.403. The normalized spacial score (nSPS) is 3.33. The molecule has 0 aromatic heterocycles. The van der Waals surface area contributed by atoms with Gasteiger partial charge in [-0.15, -0.1) is 12.3 Å². The van der Waals surface area contributed by atoms with Crippen molar-refractivity contribution >= 4 is 0 Å². The van der Waals surface area contributed by atoms with Crippen molar-refractivity contribution in [3.8, 4) is 12.3 Å². The first kappa shape index (κ1) is 16.0. The van der Waals surface area contributed by atoms with E-state index in [0.29, 0.717) is 0 Å². The van der Waals surface area contributed by atoms with Crippen molar-refractivity contribution in [2.45, 2.75) is 0 Å². The first-order valence-corrected chi connectivity index (χ1v) is 0.931. The van der Waals surface area contributed by atoms with Crippen molar-refractivity contribution < 1.29 is 41.6 Å². The van der Waals surface area contributed by atoms with Gasteiger partial charge in [0, 0.05) is 0 Å². The molecule has 0 aromatic carbocycles. The molecule has 0 heterocycles. The summed E-state index contributed by atoms with van der Waals surface area (Å²) in [5.74, 6) is 1.88. The van der Waals surface area contributed by atoms with Crippen molar-refractivity contribution in [2.24, 2.45) is 0 Å². The summed E-state index contributed by atoms with van der Waals surface area (Å²) in [5, 5.41) is 9.06. The van der Waals surface area contributed by atoms with Gasteiger partial charge in [0.25, 0.3) is 0 Å². The molecule has 0 saturated heterocycles. The number of rotatable bonds is 0. The fraction of sp³-hybridized carbons (Fsp3) is 0.333. The van der Waals surface area contributed by atoms with Crippen LogP contribution in [0.25, 0.3) is 0 Å². The van der Waals surface area contributed by atoms with Crippen LogP contribution in [0.3, 0.4) is 0 Å². The summed E-state index contributed by atoms with van der Waals surface area (Å²) in [6, 6.07) is 0. The largest absolute Gasteiger partial charge is 2.00 e. The number of hydrogen-bond acceptors (Lipinski definition) is 1. The summed E-state index contributed by atoms with van der Waals surface area (Å²) >= 11 is 0. The van der Waals surface area contributed by atoms with Crippen LogP contribution in [0.1, 0.15) is 0 Å². The molecule has 0 aliphatic rings. The third kappa shape index (κ3) is 23.0. The zero-order valence-electron chi connectivity index (χ0n) is 3.28. The Hall–Kier alpha value is 0.623. The monoisotopic (exact) mass is 198 g/mol. The molecule has 0 fully saturated rings. The van der Waals surface area contributed by atoms with E-state index in [9.17, 15) is 0 Å². The van der Waals surface area contributed by atoms with E-state index >= 15 is 0 Å². The molecule has 6 heavy (non-hydrogen) atoms. The number of terminal acetylenes is 1. The van der Waals surface area contributed by atoms with E-state index in [0.717, 1.165) is 0 Å². The van der Waals surface area contributed by atoms with E-state index in [4.69, 9.17) is 5.11 Å². The van der Waals surface area contributed by atoms with Crippen LogP contribution in [0, 0.1) is 12.3 Å². The van der Waals surface area contributed by atoms with Crippen molar-refractivity contribution in [3.63, 3.8) is 0 Å². The summed E-state index contributed by atoms with van der Waals surface area (Å²) in [4.78, 5) is 0. The van der Waals surface area contributed by atoms with Gasteiger partial charge in [0.1, 0.15) is 0 Å². The van der Waals surface area contributed by atoms with Crippen LogP contribution >= 0.6 is 0 Å². The Morgan fingerprint density at radius 2 is 1.83 bits per heavy atom. The van der Waals surface area contributed by atoms with Gasteiger partial charge >= 0.3 is 19.5 Å². The molecule has 0 atom stereocenters. The first-order valence-electron chi connectivity index (χ1n) is 0.931. The Morgan fingerprint density at radius 3 is 1.83 bits per heavy atom.